The minimum absolute atomic E-state index is 0.273. The molecule has 0 aromatic carbocycles. The minimum atomic E-state index is -0.277. The van der Waals surface area contributed by atoms with Crippen LogP contribution in [0, 0.1) is 28.6 Å². The lowest BCUT2D eigenvalue weighted by molar-refractivity contribution is -0.185. The Bertz CT molecular complexity index is 629. The maximum atomic E-state index is 6.06. The van der Waals surface area contributed by atoms with Crippen molar-refractivity contribution in [3.63, 3.8) is 0 Å². The highest BCUT2D eigenvalue weighted by atomic mass is 16.7. The van der Waals surface area contributed by atoms with Gasteiger partial charge < -0.3 is 14.2 Å². The molecule has 6 atom stereocenters. The molecule has 25 heavy (non-hydrogen) atoms. The Balaban J connectivity index is 1.33. The van der Waals surface area contributed by atoms with Gasteiger partial charge in [-0.25, -0.2) is 0 Å². The maximum Gasteiger partial charge on any atom is 0.172 e. The van der Waals surface area contributed by atoms with Gasteiger partial charge >= 0.3 is 0 Å². The summed E-state index contributed by atoms with van der Waals surface area (Å²) in [7, 11) is 0. The van der Waals surface area contributed by atoms with Crippen LogP contribution >= 0.6 is 0 Å². The van der Waals surface area contributed by atoms with E-state index in [4.69, 9.17) is 14.2 Å². The average Bonchev–Trinajstić information content (AvgIpc) is 3.18. The van der Waals surface area contributed by atoms with Gasteiger partial charge in [0, 0.05) is 18.3 Å². The molecule has 0 unspecified atom stereocenters. The molecule has 6 rings (SSSR count). The van der Waals surface area contributed by atoms with Gasteiger partial charge in [-0.15, -0.1) is 0 Å². The monoisotopic (exact) mass is 344 g/mol. The van der Waals surface area contributed by atoms with Crippen LogP contribution in [0.3, 0.4) is 0 Å². The predicted octanol–water partition coefficient (Wildman–Crippen LogP) is 4.46. The van der Waals surface area contributed by atoms with Gasteiger partial charge in [0.2, 0.25) is 0 Å². The van der Waals surface area contributed by atoms with Crippen LogP contribution in [-0.4, -0.2) is 31.2 Å². The molecular formula is C22H32O3. The molecular weight excluding hydrogens is 312 g/mol. The molecule has 0 radical (unpaired) electrons. The van der Waals surface area contributed by atoms with Gasteiger partial charge in [-0.1, -0.05) is 25.5 Å². The van der Waals surface area contributed by atoms with Crippen LogP contribution in [0.25, 0.3) is 0 Å². The summed E-state index contributed by atoms with van der Waals surface area (Å²) in [4.78, 5) is 0. The van der Waals surface area contributed by atoms with E-state index in [2.05, 4.69) is 19.9 Å². The number of hydrogen-bond acceptors (Lipinski definition) is 3. The van der Waals surface area contributed by atoms with E-state index in [1.165, 1.54) is 38.5 Å². The molecule has 3 nitrogen and oxygen atoms in total. The molecule has 0 bridgehead atoms. The number of fused-ring (bicyclic) bond motifs is 6. The first kappa shape index (κ1) is 15.7. The van der Waals surface area contributed by atoms with Crippen LogP contribution in [0.15, 0.2) is 11.6 Å². The van der Waals surface area contributed by atoms with Crippen molar-refractivity contribution in [3.8, 4) is 0 Å². The summed E-state index contributed by atoms with van der Waals surface area (Å²) in [6, 6.07) is 0. The molecule has 0 amide bonds. The number of hydrogen-bond donors (Lipinski definition) is 0. The lowest BCUT2D eigenvalue weighted by Gasteiger charge is -2.58. The molecule has 6 aliphatic rings. The maximum absolute atomic E-state index is 6.06. The van der Waals surface area contributed by atoms with E-state index in [0.717, 1.165) is 50.4 Å². The average molecular weight is 344 g/mol. The Labute approximate surface area is 151 Å². The van der Waals surface area contributed by atoms with Crippen molar-refractivity contribution in [1.82, 2.24) is 0 Å². The second kappa shape index (κ2) is 4.72. The molecule has 2 aliphatic heterocycles. The Morgan fingerprint density at radius 3 is 2.44 bits per heavy atom. The molecule has 3 heteroatoms. The summed E-state index contributed by atoms with van der Waals surface area (Å²) in [6.07, 6.45) is 12.7. The van der Waals surface area contributed by atoms with Gasteiger partial charge in [0.05, 0.1) is 25.4 Å². The van der Waals surface area contributed by atoms with Crippen molar-refractivity contribution in [2.24, 2.45) is 28.6 Å². The van der Waals surface area contributed by atoms with Crippen molar-refractivity contribution in [1.29, 1.82) is 0 Å². The molecule has 2 heterocycles. The van der Waals surface area contributed by atoms with E-state index >= 15 is 0 Å². The van der Waals surface area contributed by atoms with Crippen LogP contribution < -0.4 is 0 Å². The Morgan fingerprint density at radius 2 is 1.68 bits per heavy atom. The predicted molar refractivity (Wildman–Crippen MR) is 95.0 cm³/mol. The summed E-state index contributed by atoms with van der Waals surface area (Å²) in [5, 5.41) is 0. The highest BCUT2D eigenvalue weighted by Crippen LogP contribution is 2.71. The van der Waals surface area contributed by atoms with E-state index in [9.17, 15) is 0 Å². The second-order valence-electron chi connectivity index (χ2n) is 10.3. The third-order valence-corrected chi connectivity index (χ3v) is 9.71. The van der Waals surface area contributed by atoms with Crippen LogP contribution in [0.1, 0.15) is 65.2 Å². The Hall–Kier alpha value is -0.380. The number of rotatable bonds is 0. The van der Waals surface area contributed by atoms with Gasteiger partial charge in [0.25, 0.3) is 0 Å². The normalized spacial score (nSPS) is 55.6. The topological polar surface area (TPSA) is 31.0 Å². The van der Waals surface area contributed by atoms with Crippen molar-refractivity contribution < 1.29 is 14.2 Å². The number of epoxide rings is 1. The van der Waals surface area contributed by atoms with E-state index < -0.39 is 0 Å². The summed E-state index contributed by atoms with van der Waals surface area (Å²) >= 11 is 0. The van der Waals surface area contributed by atoms with Crippen LogP contribution in [-0.2, 0) is 14.2 Å². The first-order valence-electron chi connectivity index (χ1n) is 10.6. The van der Waals surface area contributed by atoms with E-state index in [1.54, 1.807) is 5.57 Å². The van der Waals surface area contributed by atoms with Gasteiger partial charge in [-0.05, 0) is 61.7 Å². The molecule has 0 aromatic heterocycles. The van der Waals surface area contributed by atoms with E-state index in [-0.39, 0.29) is 11.4 Å². The van der Waals surface area contributed by atoms with E-state index in [0.29, 0.717) is 10.8 Å². The van der Waals surface area contributed by atoms with Gasteiger partial charge in [0.15, 0.2) is 5.79 Å². The van der Waals surface area contributed by atoms with Gasteiger partial charge in [-0.2, -0.15) is 0 Å². The third kappa shape index (κ3) is 1.83. The minimum Gasteiger partial charge on any atom is -0.369 e. The summed E-state index contributed by atoms with van der Waals surface area (Å²) < 4.78 is 18.2. The molecule has 5 fully saturated rings. The zero-order valence-electron chi connectivity index (χ0n) is 15.8. The fourth-order valence-corrected chi connectivity index (χ4v) is 8.00. The van der Waals surface area contributed by atoms with Gasteiger partial charge in [-0.3, -0.25) is 0 Å². The lowest BCUT2D eigenvalue weighted by atomic mass is 9.47. The second-order valence-corrected chi connectivity index (χ2v) is 10.3. The molecule has 0 aromatic rings. The number of allylic oxidation sites excluding steroid dienone is 1. The molecule has 2 spiro atoms. The SMILES string of the molecule is C[C@]12CCC3(CC1=CC[C@@H]1[C@@H]2CC[C@@]2(C)[C@H]1CC[C@]21CO1)OCCO3. The summed E-state index contributed by atoms with van der Waals surface area (Å²) in [5.41, 5.74) is 2.75. The molecule has 138 valence electrons. The Kier molecular flexibility index (Phi) is 2.95. The van der Waals surface area contributed by atoms with Crippen molar-refractivity contribution in [2.75, 3.05) is 19.8 Å². The third-order valence-electron chi connectivity index (χ3n) is 9.71. The largest absolute Gasteiger partial charge is 0.369 e. The molecule has 4 aliphatic carbocycles. The molecule has 0 N–H and O–H groups in total. The lowest BCUT2D eigenvalue weighted by Crippen LogP contribution is -2.53. The zero-order valence-corrected chi connectivity index (χ0v) is 15.8. The first-order valence-corrected chi connectivity index (χ1v) is 10.6. The summed E-state index contributed by atoms with van der Waals surface area (Å²) in [5.74, 6) is 2.33. The first-order chi connectivity index (χ1) is 12.0. The number of ether oxygens (including phenoxy) is 3. The van der Waals surface area contributed by atoms with Crippen LogP contribution in [0.2, 0.25) is 0 Å². The van der Waals surface area contributed by atoms with Crippen molar-refractivity contribution in [2.45, 2.75) is 76.6 Å². The van der Waals surface area contributed by atoms with Gasteiger partial charge in [0.1, 0.15) is 0 Å². The zero-order chi connectivity index (χ0) is 16.9. The van der Waals surface area contributed by atoms with Crippen molar-refractivity contribution in [3.05, 3.63) is 11.6 Å². The van der Waals surface area contributed by atoms with Crippen LogP contribution in [0.5, 0.6) is 0 Å². The van der Waals surface area contributed by atoms with Crippen molar-refractivity contribution >= 4 is 0 Å². The molecule has 3 saturated carbocycles. The Morgan fingerprint density at radius 1 is 0.920 bits per heavy atom. The smallest absolute Gasteiger partial charge is 0.172 e. The standard InChI is InChI=1S/C22H32O3/c1-19-9-10-22(23-11-12-24-22)13-15(19)3-4-16-17(19)5-7-20(2)18(16)6-8-21(20)14-25-21/h3,16-18H,4-14H2,1-2H3/t16-,17+,18+,19+,20+,21+/m1/s1. The van der Waals surface area contributed by atoms with Crippen LogP contribution in [0.4, 0.5) is 0 Å². The fourth-order valence-electron chi connectivity index (χ4n) is 8.00. The fraction of sp³-hybridized carbons (Fsp3) is 0.909. The summed E-state index contributed by atoms with van der Waals surface area (Å²) in [6.45, 7) is 7.72. The highest BCUT2D eigenvalue weighted by Gasteiger charge is 2.69. The molecule has 2 saturated heterocycles. The quantitative estimate of drug-likeness (QED) is 0.480. The highest BCUT2D eigenvalue weighted by molar-refractivity contribution is 5.28. The van der Waals surface area contributed by atoms with E-state index in [1.807, 2.05) is 0 Å².